The highest BCUT2D eigenvalue weighted by Crippen LogP contribution is 2.31. The first-order chi connectivity index (χ1) is 11.8. The van der Waals surface area contributed by atoms with E-state index in [2.05, 4.69) is 22.0 Å². The number of carbonyl (C=O) groups excluding carboxylic acids is 1. The minimum Gasteiger partial charge on any atom is -0.463 e. The van der Waals surface area contributed by atoms with Gasteiger partial charge < -0.3 is 14.3 Å². The summed E-state index contributed by atoms with van der Waals surface area (Å²) in [5.41, 5.74) is 3.76. The Bertz CT molecular complexity index is 828. The number of rotatable bonds is 6. The molecule has 0 saturated heterocycles. The third-order valence-corrected chi connectivity index (χ3v) is 4.96. The third-order valence-electron chi connectivity index (χ3n) is 4.96. The van der Waals surface area contributed by atoms with E-state index in [9.17, 15) is 4.79 Å². The molecular weight excluding hydrogens is 300 g/mol. The minimum absolute atomic E-state index is 0.0170. The van der Waals surface area contributed by atoms with Crippen molar-refractivity contribution in [3.8, 4) is 0 Å². The fourth-order valence-corrected chi connectivity index (χ4v) is 3.35. The van der Waals surface area contributed by atoms with Crippen LogP contribution < -0.4 is 5.32 Å². The Hall–Kier alpha value is -2.49. The predicted octanol–water partition coefficient (Wildman–Crippen LogP) is 4.01. The van der Waals surface area contributed by atoms with Crippen molar-refractivity contribution in [2.24, 2.45) is 5.92 Å². The number of carbonyl (C=O) groups is 1. The first-order valence-corrected chi connectivity index (χ1v) is 8.70. The van der Waals surface area contributed by atoms with Crippen LogP contribution in [0.2, 0.25) is 0 Å². The Morgan fingerprint density at radius 3 is 2.79 bits per heavy atom. The van der Waals surface area contributed by atoms with Crippen molar-refractivity contribution in [2.75, 3.05) is 6.54 Å². The van der Waals surface area contributed by atoms with Gasteiger partial charge in [-0.05, 0) is 30.7 Å². The number of fused-ring (bicyclic) bond motifs is 1. The molecule has 4 heteroatoms. The number of furan rings is 1. The van der Waals surface area contributed by atoms with Crippen LogP contribution in [0.5, 0.6) is 0 Å². The molecule has 1 saturated carbocycles. The number of benzene rings is 1. The van der Waals surface area contributed by atoms with E-state index in [0.717, 1.165) is 24.1 Å². The van der Waals surface area contributed by atoms with Crippen LogP contribution >= 0.6 is 0 Å². The van der Waals surface area contributed by atoms with Crippen molar-refractivity contribution in [1.82, 2.24) is 9.88 Å². The van der Waals surface area contributed by atoms with Crippen LogP contribution in [0.15, 0.2) is 53.1 Å². The van der Waals surface area contributed by atoms with Crippen LogP contribution in [0, 0.1) is 5.92 Å². The number of amides is 1. The monoisotopic (exact) mass is 322 g/mol. The Balaban J connectivity index is 1.46. The van der Waals surface area contributed by atoms with Gasteiger partial charge >= 0.3 is 0 Å². The normalized spacial score (nSPS) is 14.7. The predicted molar refractivity (Wildman–Crippen MR) is 94.0 cm³/mol. The lowest BCUT2D eigenvalue weighted by atomic mass is 9.85. The largest absolute Gasteiger partial charge is 0.463 e. The summed E-state index contributed by atoms with van der Waals surface area (Å²) >= 11 is 0. The number of aromatic nitrogens is 1. The molecule has 2 aromatic heterocycles. The van der Waals surface area contributed by atoms with Crippen LogP contribution in [0.3, 0.4) is 0 Å². The van der Waals surface area contributed by atoms with E-state index in [-0.39, 0.29) is 5.91 Å². The van der Waals surface area contributed by atoms with Crippen molar-refractivity contribution in [1.29, 1.82) is 0 Å². The molecule has 0 spiro atoms. The molecule has 4 rings (SSSR count). The van der Waals surface area contributed by atoms with E-state index >= 15 is 0 Å². The molecule has 1 fully saturated rings. The van der Waals surface area contributed by atoms with Crippen molar-refractivity contribution < 1.29 is 9.21 Å². The highest BCUT2D eigenvalue weighted by atomic mass is 16.3. The Labute approximate surface area is 141 Å². The fraction of sp³-hybridized carbons (Fsp3) is 0.350. The van der Waals surface area contributed by atoms with E-state index in [1.165, 1.54) is 24.8 Å². The highest BCUT2D eigenvalue weighted by Gasteiger charge is 2.23. The van der Waals surface area contributed by atoms with Gasteiger partial charge in [0.05, 0.1) is 11.8 Å². The van der Waals surface area contributed by atoms with Crippen LogP contribution in [-0.2, 0) is 13.0 Å². The van der Waals surface area contributed by atoms with Crippen molar-refractivity contribution in [2.45, 2.75) is 32.2 Å². The van der Waals surface area contributed by atoms with E-state index in [1.807, 2.05) is 30.3 Å². The van der Waals surface area contributed by atoms with Crippen LogP contribution in [0.1, 0.15) is 35.3 Å². The van der Waals surface area contributed by atoms with Gasteiger partial charge in [0.15, 0.2) is 5.58 Å². The lowest BCUT2D eigenvalue weighted by Gasteiger charge is -2.26. The Morgan fingerprint density at radius 1 is 1.21 bits per heavy atom. The summed E-state index contributed by atoms with van der Waals surface area (Å²) in [4.78, 5) is 12.6. The average molecular weight is 322 g/mol. The molecule has 1 aliphatic rings. The van der Waals surface area contributed by atoms with E-state index in [4.69, 9.17) is 4.42 Å². The molecule has 0 atom stereocenters. The molecular formula is C20H22N2O2. The molecule has 1 N–H and O–H groups in total. The van der Waals surface area contributed by atoms with Gasteiger partial charge in [0.1, 0.15) is 5.69 Å². The molecule has 2 heterocycles. The summed E-state index contributed by atoms with van der Waals surface area (Å²) in [5, 5.41) is 3.05. The zero-order valence-corrected chi connectivity index (χ0v) is 13.7. The minimum atomic E-state index is -0.0170. The van der Waals surface area contributed by atoms with E-state index in [1.54, 1.807) is 6.26 Å². The summed E-state index contributed by atoms with van der Waals surface area (Å²) in [6.07, 6.45) is 6.35. The van der Waals surface area contributed by atoms with Gasteiger partial charge in [-0.25, -0.2) is 0 Å². The van der Waals surface area contributed by atoms with Crippen LogP contribution in [0.25, 0.3) is 11.1 Å². The SMILES string of the molecule is O=C(NCCc1ccccc1)c1cc2occc2n1CC1CCC1. The first kappa shape index (κ1) is 15.1. The standard InChI is InChI=1S/C20H22N2O2/c23-20(21-11-9-15-5-2-1-3-6-15)18-13-19-17(10-12-24-19)22(18)14-16-7-4-8-16/h1-3,5-6,10,12-13,16H,4,7-9,11,14H2,(H,21,23). The molecule has 0 aliphatic heterocycles. The second-order valence-corrected chi connectivity index (χ2v) is 6.60. The Morgan fingerprint density at radius 2 is 2.04 bits per heavy atom. The maximum atomic E-state index is 12.6. The fourth-order valence-electron chi connectivity index (χ4n) is 3.35. The van der Waals surface area contributed by atoms with Gasteiger partial charge in [-0.1, -0.05) is 36.8 Å². The Kier molecular flexibility index (Phi) is 4.11. The summed E-state index contributed by atoms with van der Waals surface area (Å²) in [6.45, 7) is 1.54. The second kappa shape index (κ2) is 6.56. The topological polar surface area (TPSA) is 47.2 Å². The smallest absolute Gasteiger partial charge is 0.268 e. The third kappa shape index (κ3) is 2.96. The molecule has 24 heavy (non-hydrogen) atoms. The molecule has 124 valence electrons. The van der Waals surface area contributed by atoms with Crippen molar-refractivity contribution in [3.05, 3.63) is 60.0 Å². The number of hydrogen-bond donors (Lipinski definition) is 1. The highest BCUT2D eigenvalue weighted by molar-refractivity contribution is 5.97. The van der Waals surface area contributed by atoms with Crippen LogP contribution in [-0.4, -0.2) is 17.0 Å². The molecule has 0 bridgehead atoms. The maximum absolute atomic E-state index is 12.6. The average Bonchev–Trinajstić information content (AvgIpc) is 3.13. The van der Waals surface area contributed by atoms with Crippen LogP contribution in [0.4, 0.5) is 0 Å². The molecule has 1 aromatic carbocycles. The zero-order valence-electron chi connectivity index (χ0n) is 13.7. The maximum Gasteiger partial charge on any atom is 0.268 e. The zero-order chi connectivity index (χ0) is 16.4. The summed E-state index contributed by atoms with van der Waals surface area (Å²) < 4.78 is 7.62. The summed E-state index contributed by atoms with van der Waals surface area (Å²) in [6, 6.07) is 14.0. The molecule has 0 unspecified atom stereocenters. The lowest BCUT2D eigenvalue weighted by molar-refractivity contribution is 0.0943. The van der Waals surface area contributed by atoms with Gasteiger partial charge in [0.2, 0.25) is 0 Å². The van der Waals surface area contributed by atoms with Crippen molar-refractivity contribution >= 4 is 17.0 Å². The van der Waals surface area contributed by atoms with Gasteiger partial charge in [0.25, 0.3) is 5.91 Å². The van der Waals surface area contributed by atoms with E-state index in [0.29, 0.717) is 18.2 Å². The molecule has 3 aromatic rings. The van der Waals surface area contributed by atoms with Crippen molar-refractivity contribution in [3.63, 3.8) is 0 Å². The first-order valence-electron chi connectivity index (χ1n) is 8.70. The number of nitrogens with zero attached hydrogens (tertiary/aromatic N) is 1. The van der Waals surface area contributed by atoms with Gasteiger partial charge in [-0.3, -0.25) is 4.79 Å². The quantitative estimate of drug-likeness (QED) is 0.745. The summed E-state index contributed by atoms with van der Waals surface area (Å²) in [5.74, 6) is 0.669. The van der Waals surface area contributed by atoms with Gasteiger partial charge in [-0.15, -0.1) is 0 Å². The number of nitrogens with one attached hydrogen (secondary N) is 1. The lowest BCUT2D eigenvalue weighted by Crippen LogP contribution is -2.29. The molecule has 1 amide bonds. The molecule has 0 radical (unpaired) electrons. The second-order valence-electron chi connectivity index (χ2n) is 6.60. The summed E-state index contributed by atoms with van der Waals surface area (Å²) in [7, 11) is 0. The molecule has 1 aliphatic carbocycles. The van der Waals surface area contributed by atoms with Gasteiger partial charge in [-0.2, -0.15) is 0 Å². The molecule has 4 nitrogen and oxygen atoms in total. The van der Waals surface area contributed by atoms with E-state index < -0.39 is 0 Å². The van der Waals surface area contributed by atoms with Gasteiger partial charge in [0, 0.05) is 25.2 Å². The number of hydrogen-bond acceptors (Lipinski definition) is 2.